The molecule has 1 atom stereocenters. The summed E-state index contributed by atoms with van der Waals surface area (Å²) in [6.45, 7) is 5.64. The molecule has 1 fully saturated rings. The molecule has 0 radical (unpaired) electrons. The molecule has 3 rings (SSSR count). The minimum absolute atomic E-state index is 0.0389. The summed E-state index contributed by atoms with van der Waals surface area (Å²) < 4.78 is 0. The number of carbonyl (C=O) groups excluding carboxylic acids is 2. The van der Waals surface area contributed by atoms with Crippen LogP contribution < -0.4 is 5.32 Å². The lowest BCUT2D eigenvalue weighted by molar-refractivity contribution is -0.129. The summed E-state index contributed by atoms with van der Waals surface area (Å²) in [5.41, 5.74) is 4.56. The fraction of sp³-hybridized carbons (Fsp3) is 0.333. The quantitative estimate of drug-likeness (QED) is 0.912. The summed E-state index contributed by atoms with van der Waals surface area (Å²) in [5, 5.41) is 2.98. The maximum absolute atomic E-state index is 12.4. The molecule has 0 saturated carbocycles. The molecular weight excluding hydrogens is 312 g/mol. The van der Waals surface area contributed by atoms with Crippen molar-refractivity contribution in [3.8, 4) is 0 Å². The van der Waals surface area contributed by atoms with E-state index in [-0.39, 0.29) is 17.7 Å². The second-order valence-electron chi connectivity index (χ2n) is 6.81. The summed E-state index contributed by atoms with van der Waals surface area (Å²) in [4.78, 5) is 26.4. The molecule has 4 nitrogen and oxygen atoms in total. The van der Waals surface area contributed by atoms with Crippen molar-refractivity contribution in [3.63, 3.8) is 0 Å². The van der Waals surface area contributed by atoms with Gasteiger partial charge < -0.3 is 10.2 Å². The largest absolute Gasteiger partial charge is 0.352 e. The molecule has 0 bridgehead atoms. The van der Waals surface area contributed by atoms with Crippen LogP contribution in [0.2, 0.25) is 0 Å². The SMILES string of the molecule is Cc1ccc(CN2CC(C(=O)NCc3ccccc3C)CC2=O)cc1. The highest BCUT2D eigenvalue weighted by atomic mass is 16.2. The third-order valence-electron chi connectivity index (χ3n) is 4.79. The van der Waals surface area contributed by atoms with Crippen LogP contribution in [0.5, 0.6) is 0 Å². The Labute approximate surface area is 148 Å². The third kappa shape index (κ3) is 4.27. The van der Waals surface area contributed by atoms with E-state index in [0.29, 0.717) is 26.1 Å². The third-order valence-corrected chi connectivity index (χ3v) is 4.79. The zero-order valence-corrected chi connectivity index (χ0v) is 14.8. The van der Waals surface area contributed by atoms with Gasteiger partial charge in [0.25, 0.3) is 0 Å². The molecule has 2 aromatic carbocycles. The number of likely N-dealkylation sites (tertiary alicyclic amines) is 1. The summed E-state index contributed by atoms with van der Waals surface area (Å²) in [7, 11) is 0. The Hall–Kier alpha value is -2.62. The maximum atomic E-state index is 12.4. The number of hydrogen-bond acceptors (Lipinski definition) is 2. The summed E-state index contributed by atoms with van der Waals surface area (Å²) in [6, 6.07) is 16.2. The molecule has 0 spiro atoms. The second-order valence-corrected chi connectivity index (χ2v) is 6.81. The number of hydrogen-bond donors (Lipinski definition) is 1. The van der Waals surface area contributed by atoms with Crippen molar-refractivity contribution >= 4 is 11.8 Å². The highest BCUT2D eigenvalue weighted by Gasteiger charge is 2.34. The second kappa shape index (κ2) is 7.51. The van der Waals surface area contributed by atoms with E-state index < -0.39 is 0 Å². The van der Waals surface area contributed by atoms with Crippen LogP contribution in [0.3, 0.4) is 0 Å². The first-order valence-electron chi connectivity index (χ1n) is 8.68. The Morgan fingerprint density at radius 2 is 1.84 bits per heavy atom. The van der Waals surface area contributed by atoms with E-state index in [1.165, 1.54) is 5.56 Å². The van der Waals surface area contributed by atoms with Crippen LogP contribution in [-0.4, -0.2) is 23.3 Å². The summed E-state index contributed by atoms with van der Waals surface area (Å²) in [6.07, 6.45) is 0.297. The molecular formula is C21H24N2O2. The van der Waals surface area contributed by atoms with Crippen molar-refractivity contribution in [1.29, 1.82) is 0 Å². The molecule has 0 aliphatic carbocycles. The van der Waals surface area contributed by atoms with Gasteiger partial charge in [0.05, 0.1) is 5.92 Å². The highest BCUT2D eigenvalue weighted by molar-refractivity contribution is 5.89. The Bertz CT molecular complexity index is 768. The van der Waals surface area contributed by atoms with Gasteiger partial charge in [-0.1, -0.05) is 54.1 Å². The van der Waals surface area contributed by atoms with E-state index in [4.69, 9.17) is 0 Å². The number of aryl methyl sites for hydroxylation is 2. The zero-order chi connectivity index (χ0) is 17.8. The monoisotopic (exact) mass is 336 g/mol. The molecule has 1 saturated heterocycles. The molecule has 1 heterocycles. The van der Waals surface area contributed by atoms with Crippen LogP contribution in [0.25, 0.3) is 0 Å². The molecule has 1 aliphatic heterocycles. The van der Waals surface area contributed by atoms with Gasteiger partial charge in [-0.05, 0) is 30.5 Å². The Morgan fingerprint density at radius 3 is 2.56 bits per heavy atom. The molecule has 25 heavy (non-hydrogen) atoms. The van der Waals surface area contributed by atoms with Crippen molar-refractivity contribution in [2.75, 3.05) is 6.54 Å². The average Bonchev–Trinajstić information content (AvgIpc) is 2.97. The molecule has 130 valence electrons. The van der Waals surface area contributed by atoms with Crippen LogP contribution in [0.15, 0.2) is 48.5 Å². The molecule has 0 aromatic heterocycles. The number of carbonyl (C=O) groups is 2. The smallest absolute Gasteiger partial charge is 0.225 e. The van der Waals surface area contributed by atoms with Gasteiger partial charge in [-0.2, -0.15) is 0 Å². The minimum atomic E-state index is -0.262. The van der Waals surface area contributed by atoms with E-state index in [9.17, 15) is 9.59 Å². The minimum Gasteiger partial charge on any atom is -0.352 e. The van der Waals surface area contributed by atoms with Crippen molar-refractivity contribution in [3.05, 3.63) is 70.8 Å². The highest BCUT2D eigenvalue weighted by Crippen LogP contribution is 2.21. The van der Waals surface area contributed by atoms with Crippen LogP contribution in [0.1, 0.15) is 28.7 Å². The first-order chi connectivity index (χ1) is 12.0. The predicted octanol–water partition coefficient (Wildman–Crippen LogP) is 2.97. The molecule has 4 heteroatoms. The first kappa shape index (κ1) is 17.2. The Kier molecular flexibility index (Phi) is 5.17. The van der Waals surface area contributed by atoms with Gasteiger partial charge in [-0.3, -0.25) is 9.59 Å². The van der Waals surface area contributed by atoms with Gasteiger partial charge in [-0.25, -0.2) is 0 Å². The van der Waals surface area contributed by atoms with Crippen LogP contribution in [-0.2, 0) is 22.7 Å². The summed E-state index contributed by atoms with van der Waals surface area (Å²) >= 11 is 0. The average molecular weight is 336 g/mol. The van der Waals surface area contributed by atoms with E-state index in [1.54, 1.807) is 4.90 Å². The molecule has 2 aromatic rings. The maximum Gasteiger partial charge on any atom is 0.225 e. The number of nitrogens with one attached hydrogen (secondary N) is 1. The van der Waals surface area contributed by atoms with Gasteiger partial charge in [0.15, 0.2) is 0 Å². The fourth-order valence-electron chi connectivity index (χ4n) is 3.15. The lowest BCUT2D eigenvalue weighted by atomic mass is 10.1. The molecule has 1 N–H and O–H groups in total. The normalized spacial score (nSPS) is 17.0. The predicted molar refractivity (Wildman–Crippen MR) is 97.7 cm³/mol. The van der Waals surface area contributed by atoms with Gasteiger partial charge >= 0.3 is 0 Å². The lowest BCUT2D eigenvalue weighted by Gasteiger charge is -2.17. The van der Waals surface area contributed by atoms with Crippen molar-refractivity contribution in [1.82, 2.24) is 10.2 Å². The number of amides is 2. The van der Waals surface area contributed by atoms with Gasteiger partial charge in [-0.15, -0.1) is 0 Å². The Balaban J connectivity index is 1.55. The lowest BCUT2D eigenvalue weighted by Crippen LogP contribution is -2.32. The van der Waals surface area contributed by atoms with Crippen LogP contribution in [0, 0.1) is 19.8 Å². The number of benzene rings is 2. The van der Waals surface area contributed by atoms with Gasteiger partial charge in [0.1, 0.15) is 0 Å². The van der Waals surface area contributed by atoms with E-state index >= 15 is 0 Å². The van der Waals surface area contributed by atoms with Crippen molar-refractivity contribution < 1.29 is 9.59 Å². The van der Waals surface area contributed by atoms with Crippen LogP contribution >= 0.6 is 0 Å². The van der Waals surface area contributed by atoms with Gasteiger partial charge in [0, 0.05) is 26.1 Å². The Morgan fingerprint density at radius 1 is 1.12 bits per heavy atom. The van der Waals surface area contributed by atoms with Crippen molar-refractivity contribution in [2.24, 2.45) is 5.92 Å². The number of nitrogens with zero attached hydrogens (tertiary/aromatic N) is 1. The molecule has 1 unspecified atom stereocenters. The van der Waals surface area contributed by atoms with E-state index in [0.717, 1.165) is 16.7 Å². The van der Waals surface area contributed by atoms with Crippen molar-refractivity contribution in [2.45, 2.75) is 33.4 Å². The fourth-order valence-corrected chi connectivity index (χ4v) is 3.15. The molecule has 1 aliphatic rings. The van der Waals surface area contributed by atoms with E-state index in [2.05, 4.69) is 5.32 Å². The number of rotatable bonds is 5. The standard InChI is InChI=1S/C21H24N2O2/c1-15-7-9-17(10-8-15)13-23-14-19(11-20(23)24)21(25)22-12-18-6-4-3-5-16(18)2/h3-10,19H,11-14H2,1-2H3,(H,22,25). The molecule has 2 amide bonds. The van der Waals surface area contributed by atoms with E-state index in [1.807, 2.05) is 62.4 Å². The topological polar surface area (TPSA) is 49.4 Å². The van der Waals surface area contributed by atoms with Gasteiger partial charge in [0.2, 0.25) is 11.8 Å². The van der Waals surface area contributed by atoms with Crippen LogP contribution in [0.4, 0.5) is 0 Å². The summed E-state index contributed by atoms with van der Waals surface area (Å²) in [5.74, 6) is -0.249. The first-order valence-corrected chi connectivity index (χ1v) is 8.68. The zero-order valence-electron chi connectivity index (χ0n) is 14.8.